The summed E-state index contributed by atoms with van der Waals surface area (Å²) < 4.78 is 48.9. The quantitative estimate of drug-likeness (QED) is 0.324. The number of carbonyl (C=O) groups excluding carboxylic acids is 1. The number of ether oxygens (including phenoxy) is 1. The van der Waals surface area contributed by atoms with Crippen molar-refractivity contribution in [1.82, 2.24) is 24.4 Å². The third-order valence-corrected chi connectivity index (χ3v) is 8.02. The van der Waals surface area contributed by atoms with E-state index in [0.29, 0.717) is 30.9 Å². The van der Waals surface area contributed by atoms with Gasteiger partial charge in [-0.25, -0.2) is 9.50 Å². The van der Waals surface area contributed by atoms with Crippen LogP contribution in [0.3, 0.4) is 0 Å². The summed E-state index contributed by atoms with van der Waals surface area (Å²) in [4.78, 5) is 22.2. The van der Waals surface area contributed by atoms with E-state index in [1.54, 1.807) is 29.2 Å². The van der Waals surface area contributed by atoms with Crippen LogP contribution >= 0.6 is 0 Å². The van der Waals surface area contributed by atoms with Gasteiger partial charge in [-0.05, 0) is 55.7 Å². The molecular weight excluding hydrogens is 547 g/mol. The lowest BCUT2D eigenvalue weighted by molar-refractivity contribution is -0.143. The number of piperazine rings is 1. The van der Waals surface area contributed by atoms with Crippen LogP contribution in [0.4, 0.5) is 13.2 Å². The molecule has 42 heavy (non-hydrogen) atoms. The molecule has 1 saturated heterocycles. The number of hydrogen-bond donors (Lipinski definition) is 1. The molecule has 0 spiro atoms. The average Bonchev–Trinajstić information content (AvgIpc) is 3.39. The molecular formula is C31H34F3N5O3. The minimum atomic E-state index is -4.73. The summed E-state index contributed by atoms with van der Waals surface area (Å²) in [5.41, 5.74) is 1.55. The first-order valence-corrected chi connectivity index (χ1v) is 13.9. The van der Waals surface area contributed by atoms with Gasteiger partial charge in [-0.15, -0.1) is 0 Å². The Morgan fingerprint density at radius 1 is 1.17 bits per heavy atom. The Balaban J connectivity index is 1.47. The van der Waals surface area contributed by atoms with Crippen molar-refractivity contribution in [1.29, 1.82) is 0 Å². The molecule has 222 valence electrons. The standard InChI is InChI=1S/C31H34F3N5O3/c1-5-21-7-6-8-23(15-21)26(18-40)37-13-14-38(19(2)17-37)30(41)25-16-35-39-28(31(32,33)34)20(3)27(36-29(25)39)22-9-11-24(42-4)12-10-22/h6-12,15-16,19,26,40H,5,13-14,17-18H2,1-4H3/t19-,26-/m1/s1. The highest BCUT2D eigenvalue weighted by atomic mass is 19.4. The molecule has 5 rings (SSSR count). The average molecular weight is 582 g/mol. The maximum Gasteiger partial charge on any atom is 0.433 e. The molecule has 0 unspecified atom stereocenters. The molecule has 11 heteroatoms. The van der Waals surface area contributed by atoms with Gasteiger partial charge in [0.05, 0.1) is 31.6 Å². The second kappa shape index (κ2) is 11.7. The fraction of sp³-hybridized carbons (Fsp3) is 0.387. The Hall–Kier alpha value is -3.96. The summed E-state index contributed by atoms with van der Waals surface area (Å²) in [6.45, 7) is 6.58. The lowest BCUT2D eigenvalue weighted by atomic mass is 10.00. The number of amides is 1. The summed E-state index contributed by atoms with van der Waals surface area (Å²) in [5.74, 6) is 0.124. The van der Waals surface area contributed by atoms with Crippen LogP contribution in [0.5, 0.6) is 5.75 Å². The predicted molar refractivity (Wildman–Crippen MR) is 152 cm³/mol. The number of alkyl halides is 3. The van der Waals surface area contributed by atoms with Crippen LogP contribution in [0.25, 0.3) is 16.9 Å². The fourth-order valence-corrected chi connectivity index (χ4v) is 5.76. The van der Waals surface area contributed by atoms with E-state index in [9.17, 15) is 23.1 Å². The lowest BCUT2D eigenvalue weighted by Crippen LogP contribution is -2.55. The summed E-state index contributed by atoms with van der Waals surface area (Å²) in [6.07, 6.45) is -2.68. The SMILES string of the molecule is CCc1cccc([C@@H](CO)N2CCN(C(=O)c3cnn4c(C(F)(F)F)c(C)c(-c5ccc(OC)cc5)nc34)[C@H](C)C2)c1. The van der Waals surface area contributed by atoms with Gasteiger partial charge in [0.1, 0.15) is 11.3 Å². The highest BCUT2D eigenvalue weighted by Crippen LogP contribution is 2.37. The number of rotatable bonds is 7. The Bertz CT molecular complexity index is 1590. The third-order valence-electron chi connectivity index (χ3n) is 8.02. The van der Waals surface area contributed by atoms with E-state index in [1.165, 1.54) is 25.8 Å². The van der Waals surface area contributed by atoms with Gasteiger partial charge in [0.15, 0.2) is 11.3 Å². The molecule has 0 radical (unpaired) electrons. The van der Waals surface area contributed by atoms with Crippen LogP contribution in [0.1, 0.15) is 52.6 Å². The highest BCUT2D eigenvalue weighted by Gasteiger charge is 2.39. The molecule has 1 fully saturated rings. The normalized spacial score (nSPS) is 17.0. The minimum Gasteiger partial charge on any atom is -0.497 e. The number of nitrogens with zero attached hydrogens (tertiary/aromatic N) is 5. The summed E-state index contributed by atoms with van der Waals surface area (Å²) in [7, 11) is 1.51. The molecule has 3 heterocycles. The number of methoxy groups -OCH3 is 1. The van der Waals surface area contributed by atoms with Crippen LogP contribution in [-0.4, -0.2) is 74.8 Å². The van der Waals surface area contributed by atoms with Gasteiger partial charge in [0.25, 0.3) is 5.91 Å². The topological polar surface area (TPSA) is 83.2 Å². The van der Waals surface area contributed by atoms with Crippen molar-refractivity contribution in [2.24, 2.45) is 0 Å². The van der Waals surface area contributed by atoms with Crippen LogP contribution in [0.15, 0.2) is 54.7 Å². The fourth-order valence-electron chi connectivity index (χ4n) is 5.76. The highest BCUT2D eigenvalue weighted by molar-refractivity contribution is 6.00. The van der Waals surface area contributed by atoms with E-state index in [4.69, 9.17) is 4.74 Å². The van der Waals surface area contributed by atoms with E-state index in [2.05, 4.69) is 28.0 Å². The summed E-state index contributed by atoms with van der Waals surface area (Å²) >= 11 is 0. The maximum absolute atomic E-state index is 14.3. The number of benzene rings is 2. The first kappa shape index (κ1) is 29.5. The van der Waals surface area contributed by atoms with E-state index in [1.807, 2.05) is 25.1 Å². The van der Waals surface area contributed by atoms with Crippen molar-refractivity contribution in [2.45, 2.75) is 45.5 Å². The van der Waals surface area contributed by atoms with E-state index in [-0.39, 0.29) is 41.2 Å². The van der Waals surface area contributed by atoms with Gasteiger partial charge in [-0.3, -0.25) is 9.69 Å². The zero-order valence-electron chi connectivity index (χ0n) is 24.0. The number of aliphatic hydroxyl groups excluding tert-OH is 1. The largest absolute Gasteiger partial charge is 0.497 e. The Labute approximate surface area is 242 Å². The van der Waals surface area contributed by atoms with Gasteiger partial charge >= 0.3 is 6.18 Å². The number of halogens is 3. The predicted octanol–water partition coefficient (Wildman–Crippen LogP) is 5.17. The molecule has 1 aliphatic heterocycles. The van der Waals surface area contributed by atoms with Gasteiger partial charge < -0.3 is 14.7 Å². The maximum atomic E-state index is 14.3. The van der Waals surface area contributed by atoms with Crippen molar-refractivity contribution in [3.63, 3.8) is 0 Å². The first-order valence-electron chi connectivity index (χ1n) is 13.9. The number of aliphatic hydroxyl groups is 1. The Morgan fingerprint density at radius 3 is 2.52 bits per heavy atom. The molecule has 0 saturated carbocycles. The molecule has 4 aromatic rings. The van der Waals surface area contributed by atoms with Crippen LogP contribution in [0, 0.1) is 6.92 Å². The van der Waals surface area contributed by atoms with Crippen molar-refractivity contribution in [3.05, 3.63) is 82.7 Å². The molecule has 2 atom stereocenters. The molecule has 0 bridgehead atoms. The van der Waals surface area contributed by atoms with Gasteiger partial charge in [-0.2, -0.15) is 18.3 Å². The number of hydrogen-bond acceptors (Lipinski definition) is 6. The molecule has 1 N–H and O–H groups in total. The van der Waals surface area contributed by atoms with Crippen LogP contribution in [0.2, 0.25) is 0 Å². The molecule has 2 aromatic carbocycles. The first-order chi connectivity index (χ1) is 20.1. The smallest absolute Gasteiger partial charge is 0.433 e. The number of carbonyl (C=O) groups is 1. The van der Waals surface area contributed by atoms with Crippen molar-refractivity contribution in [2.75, 3.05) is 33.4 Å². The molecule has 1 amide bonds. The Morgan fingerprint density at radius 2 is 1.90 bits per heavy atom. The zero-order chi connectivity index (χ0) is 30.2. The summed E-state index contributed by atoms with van der Waals surface area (Å²) in [6, 6.07) is 14.2. The van der Waals surface area contributed by atoms with E-state index >= 15 is 0 Å². The molecule has 8 nitrogen and oxygen atoms in total. The summed E-state index contributed by atoms with van der Waals surface area (Å²) in [5, 5.41) is 14.2. The minimum absolute atomic E-state index is 0.00455. The molecule has 0 aliphatic carbocycles. The number of aryl methyl sites for hydroxylation is 1. The monoisotopic (exact) mass is 581 g/mol. The zero-order valence-corrected chi connectivity index (χ0v) is 24.0. The van der Waals surface area contributed by atoms with E-state index in [0.717, 1.165) is 16.5 Å². The molecule has 2 aromatic heterocycles. The third kappa shape index (κ3) is 5.46. The van der Waals surface area contributed by atoms with Crippen molar-refractivity contribution in [3.8, 4) is 17.0 Å². The second-order valence-corrected chi connectivity index (χ2v) is 10.6. The van der Waals surface area contributed by atoms with Crippen LogP contribution in [-0.2, 0) is 12.6 Å². The molecule has 1 aliphatic rings. The van der Waals surface area contributed by atoms with E-state index < -0.39 is 17.8 Å². The van der Waals surface area contributed by atoms with Gasteiger partial charge in [0.2, 0.25) is 0 Å². The van der Waals surface area contributed by atoms with Crippen molar-refractivity contribution < 1.29 is 27.8 Å². The van der Waals surface area contributed by atoms with Gasteiger partial charge in [-0.1, -0.05) is 31.2 Å². The number of fused-ring (bicyclic) bond motifs is 1. The second-order valence-electron chi connectivity index (χ2n) is 10.6. The van der Waals surface area contributed by atoms with Crippen LogP contribution < -0.4 is 4.74 Å². The lowest BCUT2D eigenvalue weighted by Gasteiger charge is -2.43. The van der Waals surface area contributed by atoms with Gasteiger partial charge in [0, 0.05) is 36.8 Å². The number of aromatic nitrogens is 3. The van der Waals surface area contributed by atoms with Crippen molar-refractivity contribution >= 4 is 11.6 Å². The Kier molecular flexibility index (Phi) is 8.25.